The zero-order chi connectivity index (χ0) is 17.0. The largest absolute Gasteiger partial charge is 0.497 e. The van der Waals surface area contributed by atoms with Crippen molar-refractivity contribution in [2.45, 2.75) is 11.8 Å². The van der Waals surface area contributed by atoms with Crippen molar-refractivity contribution in [1.29, 1.82) is 0 Å². The lowest BCUT2D eigenvalue weighted by Crippen LogP contribution is -2.06. The quantitative estimate of drug-likeness (QED) is 0.610. The Hall–Kier alpha value is -2.41. The van der Waals surface area contributed by atoms with Crippen LogP contribution in [0, 0.1) is 6.92 Å². The van der Waals surface area contributed by atoms with Crippen LogP contribution in [-0.4, -0.2) is 15.5 Å². The molecule has 0 fully saturated rings. The van der Waals surface area contributed by atoms with E-state index in [1.54, 1.807) is 19.1 Å². The predicted octanol–water partition coefficient (Wildman–Crippen LogP) is 3.97. The van der Waals surface area contributed by atoms with Crippen LogP contribution in [0.1, 0.15) is 11.1 Å². The van der Waals surface area contributed by atoms with E-state index >= 15 is 0 Å². The maximum absolute atomic E-state index is 13.1. The van der Waals surface area contributed by atoms with Crippen LogP contribution in [0.5, 0.6) is 5.75 Å². The van der Waals surface area contributed by atoms with Crippen molar-refractivity contribution in [3.63, 3.8) is 0 Å². The van der Waals surface area contributed by atoms with E-state index in [0.717, 1.165) is 5.56 Å². The molecule has 23 heavy (non-hydrogen) atoms. The van der Waals surface area contributed by atoms with Crippen LogP contribution in [0.25, 0.3) is 5.76 Å². The first-order valence-corrected chi connectivity index (χ1v) is 7.95. The molecular weight excluding hydrogens is 326 g/mol. The van der Waals surface area contributed by atoms with Gasteiger partial charge in [-0.15, -0.1) is 0 Å². The van der Waals surface area contributed by atoms with E-state index in [2.05, 4.69) is 4.18 Å². The molecule has 0 unspecified atom stereocenters. The van der Waals surface area contributed by atoms with Gasteiger partial charge in [-0.25, -0.2) is 0 Å². The molecule has 0 saturated heterocycles. The number of halogens is 2. The summed E-state index contributed by atoms with van der Waals surface area (Å²) in [5.74, 6) is -0.554. The van der Waals surface area contributed by atoms with E-state index < -0.39 is 22.0 Å². The first-order chi connectivity index (χ1) is 10.8. The summed E-state index contributed by atoms with van der Waals surface area (Å²) >= 11 is 0. The highest BCUT2D eigenvalue weighted by Gasteiger charge is 2.22. The molecule has 0 heterocycles. The second kappa shape index (κ2) is 6.78. The minimum absolute atomic E-state index is 0.0681. The number of rotatable bonds is 5. The average molecular weight is 340 g/mol. The molecule has 0 spiro atoms. The summed E-state index contributed by atoms with van der Waals surface area (Å²) < 4.78 is 60.1. The molecule has 0 radical (unpaired) electrons. The highest BCUT2D eigenvalue weighted by Crippen LogP contribution is 2.28. The van der Waals surface area contributed by atoms with E-state index in [4.69, 9.17) is 4.74 Å². The fourth-order valence-corrected chi connectivity index (χ4v) is 2.74. The summed E-state index contributed by atoms with van der Waals surface area (Å²) in [5, 5.41) is 0. The third-order valence-electron chi connectivity index (χ3n) is 3.03. The van der Waals surface area contributed by atoms with Gasteiger partial charge in [0.15, 0.2) is 0 Å². The summed E-state index contributed by atoms with van der Waals surface area (Å²) in [5.41, 5.74) is 0.771. The number of hydrogen-bond donors (Lipinski definition) is 0. The maximum Gasteiger partial charge on any atom is 0.339 e. The molecule has 0 saturated carbocycles. The van der Waals surface area contributed by atoms with Gasteiger partial charge in [-0.05, 0) is 43.3 Å². The zero-order valence-electron chi connectivity index (χ0n) is 12.4. The van der Waals surface area contributed by atoms with Gasteiger partial charge in [0.05, 0.1) is 7.11 Å². The van der Waals surface area contributed by atoms with Gasteiger partial charge in [-0.3, -0.25) is 0 Å². The van der Waals surface area contributed by atoms with Gasteiger partial charge < -0.3 is 8.92 Å². The molecule has 0 aliphatic rings. The number of methoxy groups -OCH3 is 1. The molecule has 2 rings (SSSR count). The average Bonchev–Trinajstić information content (AvgIpc) is 2.53. The fourth-order valence-electron chi connectivity index (χ4n) is 1.79. The van der Waals surface area contributed by atoms with E-state index in [0.29, 0.717) is 5.75 Å². The van der Waals surface area contributed by atoms with Gasteiger partial charge in [0.2, 0.25) is 5.76 Å². The van der Waals surface area contributed by atoms with Crippen molar-refractivity contribution >= 4 is 15.9 Å². The Kier molecular flexibility index (Phi) is 5.00. The highest BCUT2D eigenvalue weighted by atomic mass is 32.2. The van der Waals surface area contributed by atoms with Crippen LogP contribution in [0.4, 0.5) is 8.78 Å². The van der Waals surface area contributed by atoms with Crippen molar-refractivity contribution < 1.29 is 26.1 Å². The topological polar surface area (TPSA) is 52.6 Å². The Morgan fingerprint density at radius 3 is 2.00 bits per heavy atom. The summed E-state index contributed by atoms with van der Waals surface area (Å²) in [6, 6.07) is 11.1. The van der Waals surface area contributed by atoms with Crippen LogP contribution in [0.2, 0.25) is 0 Å². The number of benzene rings is 2. The predicted molar refractivity (Wildman–Crippen MR) is 81.6 cm³/mol. The van der Waals surface area contributed by atoms with Crippen molar-refractivity contribution in [3.8, 4) is 5.75 Å². The first-order valence-electron chi connectivity index (χ1n) is 6.54. The lowest BCUT2D eigenvalue weighted by molar-refractivity contribution is 0.381. The molecule has 0 N–H and O–H groups in total. The fraction of sp³-hybridized carbons (Fsp3) is 0.125. The molecule has 0 bridgehead atoms. The maximum atomic E-state index is 13.1. The number of ether oxygens (including phenoxy) is 1. The molecular formula is C16H14F2O4S. The van der Waals surface area contributed by atoms with Crippen molar-refractivity contribution in [3.05, 3.63) is 65.7 Å². The van der Waals surface area contributed by atoms with Crippen molar-refractivity contribution in [2.75, 3.05) is 7.11 Å². The molecule has 0 atom stereocenters. The third-order valence-corrected chi connectivity index (χ3v) is 4.26. The number of hydrogen-bond acceptors (Lipinski definition) is 4. The highest BCUT2D eigenvalue weighted by molar-refractivity contribution is 7.87. The summed E-state index contributed by atoms with van der Waals surface area (Å²) in [7, 11) is -2.92. The Morgan fingerprint density at radius 1 is 0.957 bits per heavy atom. The molecule has 0 aliphatic heterocycles. The molecule has 4 nitrogen and oxygen atoms in total. The van der Waals surface area contributed by atoms with Crippen LogP contribution in [-0.2, 0) is 14.3 Å². The minimum Gasteiger partial charge on any atom is -0.497 e. The first kappa shape index (κ1) is 17.0. The zero-order valence-corrected chi connectivity index (χ0v) is 13.2. The summed E-state index contributed by atoms with van der Waals surface area (Å²) in [6.07, 6.45) is -2.23. The molecule has 2 aromatic rings. The van der Waals surface area contributed by atoms with Gasteiger partial charge in [0, 0.05) is 5.56 Å². The van der Waals surface area contributed by atoms with Gasteiger partial charge in [-0.1, -0.05) is 17.7 Å². The van der Waals surface area contributed by atoms with E-state index in [9.17, 15) is 17.2 Å². The minimum atomic E-state index is -4.35. The molecule has 7 heteroatoms. The van der Waals surface area contributed by atoms with Crippen molar-refractivity contribution in [2.24, 2.45) is 0 Å². The van der Waals surface area contributed by atoms with Gasteiger partial charge in [0.25, 0.3) is 0 Å². The van der Waals surface area contributed by atoms with Crippen LogP contribution >= 0.6 is 0 Å². The monoisotopic (exact) mass is 340 g/mol. The Labute approximate surface area is 133 Å². The lowest BCUT2D eigenvalue weighted by atomic mass is 10.2. The second-order valence-corrected chi connectivity index (χ2v) is 6.21. The smallest absolute Gasteiger partial charge is 0.339 e. The molecule has 2 aromatic carbocycles. The van der Waals surface area contributed by atoms with Gasteiger partial charge in [-0.2, -0.15) is 17.2 Å². The van der Waals surface area contributed by atoms with Gasteiger partial charge >= 0.3 is 16.2 Å². The van der Waals surface area contributed by atoms with E-state index in [1.807, 2.05) is 0 Å². The van der Waals surface area contributed by atoms with Gasteiger partial charge in [0.1, 0.15) is 10.6 Å². The molecule has 122 valence electrons. The Morgan fingerprint density at radius 2 is 1.52 bits per heavy atom. The van der Waals surface area contributed by atoms with E-state index in [1.165, 1.54) is 43.5 Å². The summed E-state index contributed by atoms with van der Waals surface area (Å²) in [4.78, 5) is -0.199. The Balaban J connectivity index is 2.36. The number of aryl methyl sites for hydroxylation is 1. The van der Waals surface area contributed by atoms with Crippen LogP contribution in [0.15, 0.2) is 59.5 Å². The lowest BCUT2D eigenvalue weighted by Gasteiger charge is -2.10. The standard InChI is InChI=1S/C16H14F2O4S/c1-11-3-9-14(10-4-11)23(19,20)22-15(16(17)18)12-5-7-13(21-2)8-6-12/h3-10H,1-2H3. The van der Waals surface area contributed by atoms with Crippen molar-refractivity contribution in [1.82, 2.24) is 0 Å². The Bertz CT molecular complexity index is 806. The SMILES string of the molecule is COc1ccc(C(OS(=O)(=O)c2ccc(C)cc2)=C(F)F)cc1. The molecule has 0 aliphatic carbocycles. The third kappa shape index (κ3) is 4.07. The van der Waals surface area contributed by atoms with Crippen LogP contribution in [0.3, 0.4) is 0 Å². The summed E-state index contributed by atoms with van der Waals surface area (Å²) in [6.45, 7) is 1.78. The van der Waals surface area contributed by atoms with E-state index in [-0.39, 0.29) is 10.5 Å². The molecule has 0 amide bonds. The second-order valence-electron chi connectivity index (χ2n) is 4.67. The molecule has 0 aromatic heterocycles. The van der Waals surface area contributed by atoms with Crippen LogP contribution < -0.4 is 4.74 Å². The normalized spacial score (nSPS) is 11.0.